The number of carbonyl (C=O) groups is 1. The SMILES string of the molecule is Cc1cc(C(=O)N(Cc2nccn2C)C(C)C)n(C)n1. The van der Waals surface area contributed by atoms with Crippen LogP contribution in [0.1, 0.15) is 35.9 Å². The van der Waals surface area contributed by atoms with Gasteiger partial charge in [0.05, 0.1) is 12.2 Å². The van der Waals surface area contributed by atoms with Crippen LogP contribution in [0.15, 0.2) is 18.5 Å². The minimum absolute atomic E-state index is 0.0221. The van der Waals surface area contributed by atoms with Crippen LogP contribution in [0, 0.1) is 6.92 Å². The van der Waals surface area contributed by atoms with Crippen LogP contribution in [0.5, 0.6) is 0 Å². The normalized spacial score (nSPS) is 11.1. The fraction of sp³-hybridized carbons (Fsp3) is 0.500. The second-order valence-corrected chi connectivity index (χ2v) is 5.28. The van der Waals surface area contributed by atoms with E-state index in [9.17, 15) is 4.79 Å². The molecule has 0 spiro atoms. The number of hydrogen-bond acceptors (Lipinski definition) is 3. The number of hydrogen-bond donors (Lipinski definition) is 0. The van der Waals surface area contributed by atoms with Gasteiger partial charge in [0.1, 0.15) is 11.5 Å². The van der Waals surface area contributed by atoms with Crippen molar-refractivity contribution in [1.82, 2.24) is 24.2 Å². The Bertz CT molecular complexity index is 611. The summed E-state index contributed by atoms with van der Waals surface area (Å²) in [6, 6.07) is 1.91. The van der Waals surface area contributed by atoms with Gasteiger partial charge in [0.2, 0.25) is 0 Å². The van der Waals surface area contributed by atoms with Gasteiger partial charge in [-0.1, -0.05) is 0 Å². The van der Waals surface area contributed by atoms with Gasteiger partial charge < -0.3 is 9.47 Å². The number of imidazole rings is 1. The van der Waals surface area contributed by atoms with E-state index in [-0.39, 0.29) is 11.9 Å². The van der Waals surface area contributed by atoms with Crippen molar-refractivity contribution in [1.29, 1.82) is 0 Å². The molecule has 20 heavy (non-hydrogen) atoms. The molecule has 0 aliphatic rings. The quantitative estimate of drug-likeness (QED) is 0.850. The third-order valence-electron chi connectivity index (χ3n) is 3.34. The number of carbonyl (C=O) groups excluding carboxylic acids is 1. The molecule has 0 aromatic carbocycles. The van der Waals surface area contributed by atoms with E-state index < -0.39 is 0 Å². The van der Waals surface area contributed by atoms with E-state index in [1.165, 1.54) is 0 Å². The Hall–Kier alpha value is -2.11. The van der Waals surface area contributed by atoms with E-state index in [0.29, 0.717) is 12.2 Å². The Morgan fingerprint density at radius 1 is 1.40 bits per heavy atom. The summed E-state index contributed by atoms with van der Waals surface area (Å²) in [6.07, 6.45) is 3.62. The van der Waals surface area contributed by atoms with Gasteiger partial charge in [0.25, 0.3) is 5.91 Å². The summed E-state index contributed by atoms with van der Waals surface area (Å²) in [5.41, 5.74) is 1.45. The number of aryl methyl sites for hydroxylation is 3. The van der Waals surface area contributed by atoms with Crippen LogP contribution in [0.2, 0.25) is 0 Å². The van der Waals surface area contributed by atoms with E-state index in [1.54, 1.807) is 22.8 Å². The first-order valence-electron chi connectivity index (χ1n) is 6.68. The maximum atomic E-state index is 12.7. The highest BCUT2D eigenvalue weighted by molar-refractivity contribution is 5.92. The van der Waals surface area contributed by atoms with Crippen LogP contribution in [0.3, 0.4) is 0 Å². The van der Waals surface area contributed by atoms with Crippen molar-refractivity contribution in [2.24, 2.45) is 14.1 Å². The van der Waals surface area contributed by atoms with Crippen LogP contribution in [-0.2, 0) is 20.6 Å². The Morgan fingerprint density at radius 2 is 2.10 bits per heavy atom. The lowest BCUT2D eigenvalue weighted by molar-refractivity contribution is 0.0672. The molecule has 1 amide bonds. The smallest absolute Gasteiger partial charge is 0.272 e. The summed E-state index contributed by atoms with van der Waals surface area (Å²) in [6.45, 7) is 6.38. The summed E-state index contributed by atoms with van der Waals surface area (Å²) in [4.78, 5) is 18.8. The largest absolute Gasteiger partial charge is 0.337 e. The Morgan fingerprint density at radius 3 is 2.55 bits per heavy atom. The highest BCUT2D eigenvalue weighted by Gasteiger charge is 2.23. The molecule has 0 unspecified atom stereocenters. The Kier molecular flexibility index (Phi) is 3.92. The zero-order valence-electron chi connectivity index (χ0n) is 12.7. The van der Waals surface area contributed by atoms with Crippen molar-refractivity contribution >= 4 is 5.91 Å². The predicted octanol–water partition coefficient (Wildman–Crippen LogP) is 1.51. The molecule has 0 saturated carbocycles. The lowest BCUT2D eigenvalue weighted by atomic mass is 10.2. The van der Waals surface area contributed by atoms with E-state index in [0.717, 1.165) is 11.5 Å². The third-order valence-corrected chi connectivity index (χ3v) is 3.34. The molecule has 0 bridgehead atoms. The van der Waals surface area contributed by atoms with Crippen molar-refractivity contribution in [3.05, 3.63) is 35.7 Å². The summed E-state index contributed by atoms with van der Waals surface area (Å²) in [5, 5.41) is 4.24. The molecule has 0 fully saturated rings. The van der Waals surface area contributed by atoms with Gasteiger partial charge in [-0.15, -0.1) is 0 Å². The molecule has 108 valence electrons. The number of rotatable bonds is 4. The summed E-state index contributed by atoms with van der Waals surface area (Å²) < 4.78 is 3.56. The predicted molar refractivity (Wildman–Crippen MR) is 76.2 cm³/mol. The van der Waals surface area contributed by atoms with Crippen LogP contribution >= 0.6 is 0 Å². The monoisotopic (exact) mass is 275 g/mol. The molecular weight excluding hydrogens is 254 g/mol. The topological polar surface area (TPSA) is 56.0 Å². The molecule has 0 atom stereocenters. The minimum atomic E-state index is -0.0221. The average molecular weight is 275 g/mol. The molecule has 2 aromatic rings. The van der Waals surface area contributed by atoms with Gasteiger partial charge in [0, 0.05) is 32.5 Å². The van der Waals surface area contributed by atoms with Crippen molar-refractivity contribution < 1.29 is 4.79 Å². The van der Waals surface area contributed by atoms with E-state index in [2.05, 4.69) is 10.1 Å². The molecule has 6 nitrogen and oxygen atoms in total. The van der Waals surface area contributed by atoms with Crippen molar-refractivity contribution in [2.75, 3.05) is 0 Å². The van der Waals surface area contributed by atoms with Crippen LogP contribution in [0.4, 0.5) is 0 Å². The molecule has 6 heteroatoms. The Labute approximate surface area is 119 Å². The van der Waals surface area contributed by atoms with Gasteiger partial charge >= 0.3 is 0 Å². The minimum Gasteiger partial charge on any atom is -0.337 e. The lowest BCUT2D eigenvalue weighted by Crippen LogP contribution is -2.38. The Balaban J connectivity index is 2.27. The van der Waals surface area contributed by atoms with Crippen LogP contribution < -0.4 is 0 Å². The van der Waals surface area contributed by atoms with Crippen LogP contribution in [-0.4, -0.2) is 36.2 Å². The number of aromatic nitrogens is 4. The van der Waals surface area contributed by atoms with E-state index >= 15 is 0 Å². The first-order chi connectivity index (χ1) is 9.40. The molecule has 0 aliphatic carbocycles. The standard InChI is InChI=1S/C14H21N5O/c1-10(2)19(9-13-15-6-7-17(13)4)14(20)12-8-11(3)16-18(12)5/h6-8,10H,9H2,1-5H3. The molecular formula is C14H21N5O. The molecule has 2 heterocycles. The second kappa shape index (κ2) is 5.48. The second-order valence-electron chi connectivity index (χ2n) is 5.28. The fourth-order valence-corrected chi connectivity index (χ4v) is 2.15. The molecule has 0 saturated heterocycles. The lowest BCUT2D eigenvalue weighted by Gasteiger charge is -2.26. The summed E-state index contributed by atoms with van der Waals surface area (Å²) in [5.74, 6) is 0.844. The van der Waals surface area contributed by atoms with Crippen molar-refractivity contribution in [3.63, 3.8) is 0 Å². The van der Waals surface area contributed by atoms with Gasteiger partial charge in [-0.05, 0) is 26.8 Å². The summed E-state index contributed by atoms with van der Waals surface area (Å²) in [7, 11) is 3.72. The first kappa shape index (κ1) is 14.3. The van der Waals surface area contributed by atoms with E-state index in [1.807, 2.05) is 44.6 Å². The van der Waals surface area contributed by atoms with Gasteiger partial charge in [-0.2, -0.15) is 5.10 Å². The molecule has 0 N–H and O–H groups in total. The van der Waals surface area contributed by atoms with Gasteiger partial charge in [0.15, 0.2) is 0 Å². The van der Waals surface area contributed by atoms with E-state index in [4.69, 9.17) is 0 Å². The first-order valence-corrected chi connectivity index (χ1v) is 6.68. The highest BCUT2D eigenvalue weighted by atomic mass is 16.2. The maximum absolute atomic E-state index is 12.7. The highest BCUT2D eigenvalue weighted by Crippen LogP contribution is 2.13. The van der Waals surface area contributed by atoms with Crippen molar-refractivity contribution in [2.45, 2.75) is 33.4 Å². The average Bonchev–Trinajstić information content (AvgIpc) is 2.91. The maximum Gasteiger partial charge on any atom is 0.272 e. The zero-order valence-corrected chi connectivity index (χ0v) is 12.7. The van der Waals surface area contributed by atoms with Gasteiger partial charge in [-0.3, -0.25) is 9.48 Å². The molecule has 2 rings (SSSR count). The third kappa shape index (κ3) is 2.74. The van der Waals surface area contributed by atoms with Gasteiger partial charge in [-0.25, -0.2) is 4.98 Å². The van der Waals surface area contributed by atoms with Crippen molar-refractivity contribution in [3.8, 4) is 0 Å². The summed E-state index contributed by atoms with van der Waals surface area (Å²) >= 11 is 0. The van der Waals surface area contributed by atoms with Crippen LogP contribution in [0.25, 0.3) is 0 Å². The molecule has 0 radical (unpaired) electrons. The fourth-order valence-electron chi connectivity index (χ4n) is 2.15. The number of amides is 1. The zero-order chi connectivity index (χ0) is 14.9. The number of nitrogens with zero attached hydrogens (tertiary/aromatic N) is 5. The molecule has 2 aromatic heterocycles. The molecule has 0 aliphatic heterocycles.